The predicted molar refractivity (Wildman–Crippen MR) is 106 cm³/mol. The molecule has 150 valence electrons. The highest BCUT2D eigenvalue weighted by molar-refractivity contribution is 6.15. The van der Waals surface area contributed by atoms with E-state index in [-0.39, 0.29) is 35.7 Å². The van der Waals surface area contributed by atoms with Gasteiger partial charge in [-0.3, -0.25) is 9.59 Å². The summed E-state index contributed by atoms with van der Waals surface area (Å²) in [6, 6.07) is 16.4. The maximum atomic E-state index is 13.6. The van der Waals surface area contributed by atoms with Crippen molar-refractivity contribution in [3.8, 4) is 5.75 Å². The van der Waals surface area contributed by atoms with Gasteiger partial charge in [0.25, 0.3) is 5.91 Å². The number of carboxylic acids is 1. The molecule has 0 spiro atoms. The number of aromatic carboxylic acids is 1. The molecule has 6 nitrogen and oxygen atoms in total. The topological polar surface area (TPSA) is 83.9 Å². The Morgan fingerprint density at radius 2 is 1.77 bits per heavy atom. The van der Waals surface area contributed by atoms with E-state index in [1.807, 2.05) is 0 Å². The van der Waals surface area contributed by atoms with Crippen molar-refractivity contribution >= 4 is 23.3 Å². The number of hydrogen-bond donors (Lipinski definition) is 1. The first-order valence-electron chi connectivity index (χ1n) is 9.13. The molecule has 0 saturated carbocycles. The van der Waals surface area contributed by atoms with Gasteiger partial charge in [0, 0.05) is 11.1 Å². The average molecular weight is 405 g/mol. The number of hydrogen-bond acceptors (Lipinski definition) is 4. The van der Waals surface area contributed by atoms with Crippen LogP contribution < -0.4 is 9.64 Å². The number of carboxylic acid groups (broad SMARTS) is 1. The van der Waals surface area contributed by atoms with Gasteiger partial charge in [0.05, 0.1) is 17.8 Å². The monoisotopic (exact) mass is 405 g/mol. The van der Waals surface area contributed by atoms with Crippen molar-refractivity contribution in [2.75, 3.05) is 11.5 Å². The van der Waals surface area contributed by atoms with Crippen molar-refractivity contribution in [2.45, 2.75) is 6.54 Å². The Kier molecular flexibility index (Phi) is 5.02. The molecule has 0 aliphatic carbocycles. The van der Waals surface area contributed by atoms with Gasteiger partial charge in [-0.15, -0.1) is 0 Å². The smallest absolute Gasteiger partial charge is 0.336 e. The summed E-state index contributed by atoms with van der Waals surface area (Å²) in [5.74, 6) is -2.03. The van der Waals surface area contributed by atoms with Crippen LogP contribution in [-0.2, 0) is 11.3 Å². The second kappa shape index (κ2) is 7.79. The van der Waals surface area contributed by atoms with E-state index in [1.165, 1.54) is 41.3 Å². The molecule has 0 unspecified atom stereocenters. The SMILES string of the molecule is O=C(O)c1ccccc1C(=O)c1ccc2c(c1)N(Cc1cccc(F)c1)C(=O)CO2. The number of ether oxygens (including phenoxy) is 1. The van der Waals surface area contributed by atoms with Gasteiger partial charge in [0.15, 0.2) is 12.4 Å². The zero-order chi connectivity index (χ0) is 21.3. The van der Waals surface area contributed by atoms with Crippen molar-refractivity contribution in [1.29, 1.82) is 0 Å². The lowest BCUT2D eigenvalue weighted by Gasteiger charge is -2.30. The number of halogens is 1. The van der Waals surface area contributed by atoms with Crippen LogP contribution in [0.1, 0.15) is 31.8 Å². The number of rotatable bonds is 5. The minimum Gasteiger partial charge on any atom is -0.482 e. The third-order valence-electron chi connectivity index (χ3n) is 4.80. The minimum absolute atomic E-state index is 0.0460. The van der Waals surface area contributed by atoms with Gasteiger partial charge < -0.3 is 14.7 Å². The second-order valence-corrected chi connectivity index (χ2v) is 6.76. The summed E-state index contributed by atoms with van der Waals surface area (Å²) in [6.45, 7) is -0.0617. The number of carbonyl (C=O) groups excluding carboxylic acids is 2. The van der Waals surface area contributed by atoms with Crippen molar-refractivity contribution < 1.29 is 28.6 Å². The van der Waals surface area contributed by atoms with E-state index >= 15 is 0 Å². The summed E-state index contributed by atoms with van der Waals surface area (Å²) in [7, 11) is 0. The first kappa shape index (κ1) is 19.3. The van der Waals surface area contributed by atoms with Gasteiger partial charge in [0.2, 0.25) is 0 Å². The fourth-order valence-corrected chi connectivity index (χ4v) is 3.36. The molecule has 0 fully saturated rings. The molecule has 1 heterocycles. The first-order valence-corrected chi connectivity index (χ1v) is 9.13. The molecule has 1 aliphatic rings. The summed E-state index contributed by atoms with van der Waals surface area (Å²) in [5.41, 5.74) is 1.11. The fraction of sp³-hybridized carbons (Fsp3) is 0.0870. The molecule has 0 bridgehead atoms. The zero-order valence-corrected chi connectivity index (χ0v) is 15.7. The third kappa shape index (κ3) is 3.65. The molecular weight excluding hydrogens is 389 g/mol. The highest BCUT2D eigenvalue weighted by atomic mass is 19.1. The Hall–Kier alpha value is -4.00. The summed E-state index contributed by atoms with van der Waals surface area (Å²) < 4.78 is 19.0. The number of benzene rings is 3. The van der Waals surface area contributed by atoms with Gasteiger partial charge >= 0.3 is 5.97 Å². The van der Waals surface area contributed by atoms with Gasteiger partial charge in [0.1, 0.15) is 11.6 Å². The molecule has 4 rings (SSSR count). The Labute approximate surface area is 171 Å². The Bertz CT molecular complexity index is 1170. The number of carbonyl (C=O) groups is 3. The highest BCUT2D eigenvalue weighted by Gasteiger charge is 2.27. The first-order chi connectivity index (χ1) is 14.4. The lowest BCUT2D eigenvalue weighted by molar-refractivity contribution is -0.121. The highest BCUT2D eigenvalue weighted by Crippen LogP contribution is 2.35. The predicted octanol–water partition coefficient (Wildman–Crippen LogP) is 3.68. The van der Waals surface area contributed by atoms with E-state index < -0.39 is 17.6 Å². The zero-order valence-electron chi connectivity index (χ0n) is 15.7. The molecule has 0 aromatic heterocycles. The van der Waals surface area contributed by atoms with Crippen molar-refractivity contribution in [2.24, 2.45) is 0 Å². The summed E-state index contributed by atoms with van der Waals surface area (Å²) in [6.07, 6.45) is 0. The summed E-state index contributed by atoms with van der Waals surface area (Å²) >= 11 is 0. The molecule has 3 aromatic carbocycles. The van der Waals surface area contributed by atoms with E-state index in [0.29, 0.717) is 17.0 Å². The van der Waals surface area contributed by atoms with Crippen LogP contribution >= 0.6 is 0 Å². The Balaban J connectivity index is 1.73. The summed E-state index contributed by atoms with van der Waals surface area (Å²) in [4.78, 5) is 38.4. The molecule has 0 radical (unpaired) electrons. The van der Waals surface area contributed by atoms with Crippen molar-refractivity contribution in [1.82, 2.24) is 0 Å². The van der Waals surface area contributed by atoms with Crippen LogP contribution in [0.5, 0.6) is 5.75 Å². The van der Waals surface area contributed by atoms with Crippen molar-refractivity contribution in [3.63, 3.8) is 0 Å². The Morgan fingerprint density at radius 3 is 2.50 bits per heavy atom. The van der Waals surface area contributed by atoms with Gasteiger partial charge in [-0.2, -0.15) is 0 Å². The maximum Gasteiger partial charge on any atom is 0.336 e. The fourth-order valence-electron chi connectivity index (χ4n) is 3.36. The van der Waals surface area contributed by atoms with Crippen LogP contribution in [0, 0.1) is 5.82 Å². The molecule has 0 atom stereocenters. The van der Waals surface area contributed by atoms with Crippen LogP contribution in [-0.4, -0.2) is 29.4 Å². The molecule has 1 amide bonds. The van der Waals surface area contributed by atoms with Crippen LogP contribution in [0.4, 0.5) is 10.1 Å². The van der Waals surface area contributed by atoms with E-state index in [4.69, 9.17) is 4.74 Å². The molecule has 3 aromatic rings. The Morgan fingerprint density at radius 1 is 1.00 bits per heavy atom. The van der Waals surface area contributed by atoms with Gasteiger partial charge in [-0.05, 0) is 42.0 Å². The van der Waals surface area contributed by atoms with Crippen LogP contribution in [0.25, 0.3) is 0 Å². The number of fused-ring (bicyclic) bond motifs is 1. The van der Waals surface area contributed by atoms with E-state index in [9.17, 15) is 23.9 Å². The molecule has 7 heteroatoms. The van der Waals surface area contributed by atoms with E-state index in [0.717, 1.165) is 0 Å². The molecule has 1 aliphatic heterocycles. The van der Waals surface area contributed by atoms with E-state index in [1.54, 1.807) is 30.3 Å². The number of nitrogens with zero attached hydrogens (tertiary/aromatic N) is 1. The number of amides is 1. The van der Waals surface area contributed by atoms with Crippen molar-refractivity contribution in [3.05, 3.63) is 94.8 Å². The summed E-state index contributed by atoms with van der Waals surface area (Å²) in [5, 5.41) is 9.36. The molecule has 30 heavy (non-hydrogen) atoms. The van der Waals surface area contributed by atoms with Gasteiger partial charge in [-0.1, -0.05) is 30.3 Å². The maximum absolute atomic E-state index is 13.6. The lowest BCUT2D eigenvalue weighted by atomic mass is 9.97. The van der Waals surface area contributed by atoms with Crippen LogP contribution in [0.2, 0.25) is 0 Å². The average Bonchev–Trinajstić information content (AvgIpc) is 2.75. The molecule has 1 N–H and O–H groups in total. The molecular formula is C23H16FNO5. The molecule has 0 saturated heterocycles. The second-order valence-electron chi connectivity index (χ2n) is 6.76. The normalized spacial score (nSPS) is 12.8. The van der Waals surface area contributed by atoms with Gasteiger partial charge in [-0.25, -0.2) is 9.18 Å². The third-order valence-corrected chi connectivity index (χ3v) is 4.80. The largest absolute Gasteiger partial charge is 0.482 e. The number of ketones is 1. The van der Waals surface area contributed by atoms with Crippen LogP contribution in [0.15, 0.2) is 66.7 Å². The number of anilines is 1. The quantitative estimate of drug-likeness (QED) is 0.655. The minimum atomic E-state index is -1.21. The van der Waals surface area contributed by atoms with Crippen LogP contribution in [0.3, 0.4) is 0 Å². The lowest BCUT2D eigenvalue weighted by Crippen LogP contribution is -2.38. The van der Waals surface area contributed by atoms with E-state index in [2.05, 4.69) is 0 Å². The standard InChI is InChI=1S/C23H16FNO5/c24-16-5-3-4-14(10-16)12-25-19-11-15(8-9-20(19)30-13-21(25)26)22(27)17-6-1-2-7-18(17)23(28)29/h1-11H,12-13H2,(H,28,29).